The second-order valence-electron chi connectivity index (χ2n) is 5.94. The van der Waals surface area contributed by atoms with Gasteiger partial charge in [0.25, 0.3) is 0 Å². The Morgan fingerprint density at radius 3 is 2.88 bits per heavy atom. The molecule has 1 atom stereocenters. The number of nitrogens with one attached hydrogen (secondary N) is 2. The summed E-state index contributed by atoms with van der Waals surface area (Å²) in [6.45, 7) is -0.509. The fourth-order valence-electron chi connectivity index (χ4n) is 3.16. The third kappa shape index (κ3) is 3.91. The van der Waals surface area contributed by atoms with Crippen molar-refractivity contribution >= 4 is 29.0 Å². The number of rotatable bonds is 5. The third-order valence-electron chi connectivity index (χ3n) is 4.30. The van der Waals surface area contributed by atoms with E-state index in [1.54, 1.807) is 11.8 Å². The maximum absolute atomic E-state index is 11.3. The largest absolute Gasteiger partial charge is 0.387 e. The number of aliphatic hydroxyl groups is 1. The van der Waals surface area contributed by atoms with E-state index in [2.05, 4.69) is 35.1 Å². The summed E-state index contributed by atoms with van der Waals surface area (Å²) in [5.41, 5.74) is 4.45. The molecule has 24 heavy (non-hydrogen) atoms. The second kappa shape index (κ2) is 7.73. The number of hydrogen-bond donors (Lipinski definition) is 3. The molecule has 0 radical (unpaired) electrons. The van der Waals surface area contributed by atoms with Gasteiger partial charge in [-0.05, 0) is 67.0 Å². The van der Waals surface area contributed by atoms with Crippen molar-refractivity contribution in [2.75, 3.05) is 23.5 Å². The summed E-state index contributed by atoms with van der Waals surface area (Å²) < 4.78 is 0. The Hall–Kier alpha value is -1.98. The molecule has 0 saturated heterocycles. The molecule has 0 aromatic heterocycles. The highest BCUT2D eigenvalue weighted by Crippen LogP contribution is 2.34. The average Bonchev–Trinajstić information content (AvgIpc) is 2.61. The minimum Gasteiger partial charge on any atom is -0.387 e. The van der Waals surface area contributed by atoms with Gasteiger partial charge < -0.3 is 15.7 Å². The summed E-state index contributed by atoms with van der Waals surface area (Å²) >= 11 is 1.78. The van der Waals surface area contributed by atoms with E-state index in [0.29, 0.717) is 5.69 Å². The lowest BCUT2D eigenvalue weighted by Crippen LogP contribution is -2.18. The number of carbonyl (C=O) groups excluding carboxylic acids is 1. The number of aryl methyl sites for hydroxylation is 1. The van der Waals surface area contributed by atoms with Crippen molar-refractivity contribution < 1.29 is 9.90 Å². The number of benzene rings is 2. The van der Waals surface area contributed by atoms with Crippen molar-refractivity contribution in [1.29, 1.82) is 0 Å². The van der Waals surface area contributed by atoms with Crippen LogP contribution in [0.4, 0.5) is 11.4 Å². The number of thioether (sulfide) groups is 1. The lowest BCUT2D eigenvalue weighted by atomic mass is 9.87. The summed E-state index contributed by atoms with van der Waals surface area (Å²) in [5.74, 6) is -0.403. The molecule has 0 saturated carbocycles. The summed E-state index contributed by atoms with van der Waals surface area (Å²) in [4.78, 5) is 12.6. The van der Waals surface area contributed by atoms with Gasteiger partial charge in [-0.25, -0.2) is 0 Å². The van der Waals surface area contributed by atoms with Crippen molar-refractivity contribution in [3.05, 3.63) is 53.6 Å². The molecule has 0 spiro atoms. The van der Waals surface area contributed by atoms with Gasteiger partial charge in [0.15, 0.2) is 0 Å². The van der Waals surface area contributed by atoms with Gasteiger partial charge in [-0.2, -0.15) is 0 Å². The number of amides is 1. The Morgan fingerprint density at radius 2 is 2.08 bits per heavy atom. The van der Waals surface area contributed by atoms with E-state index in [-0.39, 0.29) is 6.04 Å². The van der Waals surface area contributed by atoms with Gasteiger partial charge in [0, 0.05) is 16.3 Å². The van der Waals surface area contributed by atoms with Crippen LogP contribution in [0.5, 0.6) is 0 Å². The van der Waals surface area contributed by atoms with Gasteiger partial charge in [-0.3, -0.25) is 4.79 Å². The standard InChI is InChI=1S/C19H22N2O2S/c1-24-16-8-9-17-13(10-16)4-2-7-18(17)20-14-5-3-6-15(11-14)21-19(23)12-22/h3,5-6,8-11,18,20,22H,2,4,7,12H2,1H3,(H,21,23). The van der Waals surface area contributed by atoms with Gasteiger partial charge in [0.05, 0.1) is 6.04 Å². The smallest absolute Gasteiger partial charge is 0.250 e. The van der Waals surface area contributed by atoms with Gasteiger partial charge in [0.2, 0.25) is 5.91 Å². The van der Waals surface area contributed by atoms with Crippen LogP contribution in [-0.4, -0.2) is 23.9 Å². The van der Waals surface area contributed by atoms with E-state index in [9.17, 15) is 4.79 Å². The summed E-state index contributed by atoms with van der Waals surface area (Å²) in [6.07, 6.45) is 5.50. The molecule has 3 rings (SSSR count). The fourth-order valence-corrected chi connectivity index (χ4v) is 3.62. The predicted molar refractivity (Wildman–Crippen MR) is 99.7 cm³/mol. The molecule has 1 unspecified atom stereocenters. The highest BCUT2D eigenvalue weighted by atomic mass is 32.2. The van der Waals surface area contributed by atoms with E-state index in [1.807, 2.05) is 24.3 Å². The second-order valence-corrected chi connectivity index (χ2v) is 6.82. The lowest BCUT2D eigenvalue weighted by molar-refractivity contribution is -0.118. The first-order valence-electron chi connectivity index (χ1n) is 8.13. The molecule has 3 N–H and O–H groups in total. The van der Waals surface area contributed by atoms with E-state index in [1.165, 1.54) is 22.4 Å². The molecule has 2 aromatic rings. The summed E-state index contributed by atoms with van der Waals surface area (Å²) in [5, 5.41) is 15.1. The average molecular weight is 342 g/mol. The SMILES string of the molecule is CSc1ccc2c(c1)CCCC2Nc1cccc(NC(=O)CO)c1. The first kappa shape index (κ1) is 16.9. The normalized spacial score (nSPS) is 16.3. The van der Waals surface area contributed by atoms with E-state index in [0.717, 1.165) is 18.5 Å². The van der Waals surface area contributed by atoms with Crippen LogP contribution < -0.4 is 10.6 Å². The fraction of sp³-hybridized carbons (Fsp3) is 0.316. The van der Waals surface area contributed by atoms with E-state index < -0.39 is 12.5 Å². The first-order valence-corrected chi connectivity index (χ1v) is 9.36. The number of fused-ring (bicyclic) bond motifs is 1. The molecule has 1 amide bonds. The monoisotopic (exact) mass is 342 g/mol. The number of aliphatic hydroxyl groups excluding tert-OH is 1. The molecule has 1 aliphatic rings. The zero-order valence-electron chi connectivity index (χ0n) is 13.7. The molecule has 0 aliphatic heterocycles. The number of hydrogen-bond acceptors (Lipinski definition) is 4. The van der Waals surface area contributed by atoms with Crippen molar-refractivity contribution in [1.82, 2.24) is 0 Å². The molecule has 126 valence electrons. The molecule has 4 nitrogen and oxygen atoms in total. The number of anilines is 2. The summed E-state index contributed by atoms with van der Waals surface area (Å²) in [6, 6.07) is 14.6. The Kier molecular flexibility index (Phi) is 5.43. The molecule has 5 heteroatoms. The molecule has 0 heterocycles. The van der Waals surface area contributed by atoms with Gasteiger partial charge in [0.1, 0.15) is 6.61 Å². The quantitative estimate of drug-likeness (QED) is 0.723. The predicted octanol–water partition coefficient (Wildman–Crippen LogP) is 3.83. The van der Waals surface area contributed by atoms with Crippen LogP contribution in [0, 0.1) is 0 Å². The van der Waals surface area contributed by atoms with Gasteiger partial charge in [-0.1, -0.05) is 12.1 Å². The Balaban J connectivity index is 1.78. The first-order chi connectivity index (χ1) is 11.7. The molecular formula is C19H22N2O2S. The highest BCUT2D eigenvalue weighted by Gasteiger charge is 2.20. The minimum absolute atomic E-state index is 0.286. The van der Waals surface area contributed by atoms with Crippen molar-refractivity contribution in [3.63, 3.8) is 0 Å². The van der Waals surface area contributed by atoms with Crippen molar-refractivity contribution in [3.8, 4) is 0 Å². The Labute approximate surface area is 146 Å². The summed E-state index contributed by atoms with van der Waals surface area (Å²) in [7, 11) is 0. The Morgan fingerprint density at radius 1 is 1.25 bits per heavy atom. The van der Waals surface area contributed by atoms with Crippen LogP contribution >= 0.6 is 11.8 Å². The van der Waals surface area contributed by atoms with Crippen LogP contribution in [0.1, 0.15) is 30.0 Å². The Bertz CT molecular complexity index is 733. The van der Waals surface area contributed by atoms with Crippen LogP contribution in [0.3, 0.4) is 0 Å². The van der Waals surface area contributed by atoms with Gasteiger partial charge >= 0.3 is 0 Å². The molecule has 1 aliphatic carbocycles. The van der Waals surface area contributed by atoms with Crippen molar-refractivity contribution in [2.24, 2.45) is 0 Å². The molecule has 0 bridgehead atoms. The topological polar surface area (TPSA) is 61.4 Å². The third-order valence-corrected chi connectivity index (χ3v) is 5.02. The molecule has 0 fully saturated rings. The van der Waals surface area contributed by atoms with Crippen LogP contribution in [-0.2, 0) is 11.2 Å². The maximum atomic E-state index is 11.3. The van der Waals surface area contributed by atoms with E-state index in [4.69, 9.17) is 5.11 Å². The van der Waals surface area contributed by atoms with E-state index >= 15 is 0 Å². The maximum Gasteiger partial charge on any atom is 0.250 e. The van der Waals surface area contributed by atoms with Crippen LogP contribution in [0.2, 0.25) is 0 Å². The van der Waals surface area contributed by atoms with Crippen LogP contribution in [0.15, 0.2) is 47.4 Å². The van der Waals surface area contributed by atoms with Crippen molar-refractivity contribution in [2.45, 2.75) is 30.2 Å². The minimum atomic E-state index is -0.509. The molecular weight excluding hydrogens is 320 g/mol. The number of carbonyl (C=O) groups is 1. The highest BCUT2D eigenvalue weighted by molar-refractivity contribution is 7.98. The zero-order chi connectivity index (χ0) is 16.9. The zero-order valence-corrected chi connectivity index (χ0v) is 14.5. The van der Waals surface area contributed by atoms with Crippen LogP contribution in [0.25, 0.3) is 0 Å². The molecule has 2 aromatic carbocycles. The van der Waals surface area contributed by atoms with Gasteiger partial charge in [-0.15, -0.1) is 11.8 Å². The lowest BCUT2D eigenvalue weighted by Gasteiger charge is -2.28.